The van der Waals surface area contributed by atoms with Crippen LogP contribution in [0.1, 0.15) is 46.5 Å². The standard InChI is InChI=1S/C10H20O/c1-4-9(3)7-6-8-10(11)5-2/h7,10-11H,4-6,8H2,1-3H3/b9-7-. The lowest BCUT2D eigenvalue weighted by atomic mass is 10.1. The first-order chi connectivity index (χ1) is 5.20. The molecule has 0 saturated carbocycles. The number of aliphatic hydroxyl groups is 1. The largest absolute Gasteiger partial charge is 0.393 e. The molecule has 1 N–H and O–H groups in total. The Morgan fingerprint density at radius 3 is 2.55 bits per heavy atom. The van der Waals surface area contributed by atoms with Gasteiger partial charge in [-0.15, -0.1) is 0 Å². The van der Waals surface area contributed by atoms with Crippen LogP contribution in [0.4, 0.5) is 0 Å². The summed E-state index contributed by atoms with van der Waals surface area (Å²) < 4.78 is 0. The summed E-state index contributed by atoms with van der Waals surface area (Å²) >= 11 is 0. The summed E-state index contributed by atoms with van der Waals surface area (Å²) in [6.07, 6.45) is 6.05. The fourth-order valence-corrected chi connectivity index (χ4v) is 0.871. The maximum absolute atomic E-state index is 9.21. The van der Waals surface area contributed by atoms with Crippen molar-refractivity contribution in [3.8, 4) is 0 Å². The van der Waals surface area contributed by atoms with Gasteiger partial charge in [-0.25, -0.2) is 0 Å². The van der Waals surface area contributed by atoms with Gasteiger partial charge < -0.3 is 5.11 Å². The summed E-state index contributed by atoms with van der Waals surface area (Å²) in [5, 5.41) is 9.21. The van der Waals surface area contributed by atoms with Gasteiger partial charge in [0.2, 0.25) is 0 Å². The van der Waals surface area contributed by atoms with Crippen molar-refractivity contribution in [1.29, 1.82) is 0 Å². The molecule has 66 valence electrons. The fraction of sp³-hybridized carbons (Fsp3) is 0.800. The van der Waals surface area contributed by atoms with Crippen LogP contribution in [0, 0.1) is 0 Å². The minimum absolute atomic E-state index is 0.101. The van der Waals surface area contributed by atoms with Crippen molar-refractivity contribution in [3.05, 3.63) is 11.6 Å². The van der Waals surface area contributed by atoms with Gasteiger partial charge in [-0.2, -0.15) is 0 Å². The molecule has 0 aliphatic heterocycles. The molecular weight excluding hydrogens is 136 g/mol. The SMILES string of the molecule is CC/C(C)=C\CCC(O)CC. The third-order valence-electron chi connectivity index (χ3n) is 2.02. The summed E-state index contributed by atoms with van der Waals surface area (Å²) in [6.45, 7) is 6.31. The zero-order valence-corrected chi connectivity index (χ0v) is 7.93. The van der Waals surface area contributed by atoms with Crippen molar-refractivity contribution >= 4 is 0 Å². The maximum Gasteiger partial charge on any atom is 0.0540 e. The van der Waals surface area contributed by atoms with Crippen LogP contribution in [0.5, 0.6) is 0 Å². The average Bonchev–Trinajstić information content (AvgIpc) is 2.04. The average molecular weight is 156 g/mol. The highest BCUT2D eigenvalue weighted by Crippen LogP contribution is 2.05. The van der Waals surface area contributed by atoms with E-state index in [1.807, 2.05) is 6.92 Å². The number of aliphatic hydroxyl groups excluding tert-OH is 1. The Morgan fingerprint density at radius 1 is 1.45 bits per heavy atom. The van der Waals surface area contributed by atoms with Crippen molar-refractivity contribution in [1.82, 2.24) is 0 Å². The minimum atomic E-state index is -0.101. The first-order valence-electron chi connectivity index (χ1n) is 4.54. The number of rotatable bonds is 5. The van der Waals surface area contributed by atoms with Crippen LogP contribution < -0.4 is 0 Å². The van der Waals surface area contributed by atoms with Gasteiger partial charge in [0.1, 0.15) is 0 Å². The van der Waals surface area contributed by atoms with Gasteiger partial charge in [0.25, 0.3) is 0 Å². The highest BCUT2D eigenvalue weighted by molar-refractivity contribution is 4.96. The summed E-state index contributed by atoms with van der Waals surface area (Å²) in [6, 6.07) is 0. The molecule has 1 unspecified atom stereocenters. The van der Waals surface area contributed by atoms with Crippen molar-refractivity contribution in [3.63, 3.8) is 0 Å². The predicted molar refractivity (Wildman–Crippen MR) is 49.6 cm³/mol. The quantitative estimate of drug-likeness (QED) is 0.607. The summed E-state index contributed by atoms with van der Waals surface area (Å²) in [5.41, 5.74) is 1.42. The number of hydrogen-bond donors (Lipinski definition) is 1. The van der Waals surface area contributed by atoms with Crippen molar-refractivity contribution in [2.45, 2.75) is 52.6 Å². The maximum atomic E-state index is 9.21. The molecule has 0 aromatic heterocycles. The lowest BCUT2D eigenvalue weighted by Crippen LogP contribution is -2.02. The highest BCUT2D eigenvalue weighted by atomic mass is 16.3. The topological polar surface area (TPSA) is 20.2 Å². The molecule has 1 heteroatoms. The van der Waals surface area contributed by atoms with Crippen LogP contribution in [0.2, 0.25) is 0 Å². The zero-order chi connectivity index (χ0) is 8.69. The fourth-order valence-electron chi connectivity index (χ4n) is 0.871. The molecule has 1 atom stereocenters. The third-order valence-corrected chi connectivity index (χ3v) is 2.02. The Labute approximate surface area is 70.1 Å². The van der Waals surface area contributed by atoms with E-state index in [0.717, 1.165) is 25.7 Å². The van der Waals surface area contributed by atoms with Crippen LogP contribution >= 0.6 is 0 Å². The van der Waals surface area contributed by atoms with Crippen molar-refractivity contribution < 1.29 is 5.11 Å². The second kappa shape index (κ2) is 6.41. The normalized spacial score (nSPS) is 15.1. The van der Waals surface area contributed by atoms with Gasteiger partial charge >= 0.3 is 0 Å². The Balaban J connectivity index is 3.39. The van der Waals surface area contributed by atoms with Gasteiger partial charge in [0, 0.05) is 0 Å². The molecule has 0 fully saturated rings. The lowest BCUT2D eigenvalue weighted by molar-refractivity contribution is 0.161. The second-order valence-corrected chi connectivity index (χ2v) is 3.04. The van der Waals surface area contributed by atoms with Crippen LogP contribution in [0.15, 0.2) is 11.6 Å². The van der Waals surface area contributed by atoms with Crippen LogP contribution in [-0.4, -0.2) is 11.2 Å². The van der Waals surface area contributed by atoms with Crippen molar-refractivity contribution in [2.75, 3.05) is 0 Å². The smallest absolute Gasteiger partial charge is 0.0540 e. The van der Waals surface area contributed by atoms with Gasteiger partial charge in [0.05, 0.1) is 6.10 Å². The molecule has 0 aliphatic rings. The molecule has 11 heavy (non-hydrogen) atoms. The number of hydrogen-bond acceptors (Lipinski definition) is 1. The lowest BCUT2D eigenvalue weighted by Gasteiger charge is -2.04. The zero-order valence-electron chi connectivity index (χ0n) is 7.93. The van der Waals surface area contributed by atoms with Crippen molar-refractivity contribution in [2.24, 2.45) is 0 Å². The molecule has 0 amide bonds. The summed E-state index contributed by atoms with van der Waals surface area (Å²) in [4.78, 5) is 0. The molecule has 0 heterocycles. The second-order valence-electron chi connectivity index (χ2n) is 3.04. The predicted octanol–water partition coefficient (Wildman–Crippen LogP) is 2.89. The number of allylic oxidation sites excluding steroid dienone is 2. The molecule has 0 rings (SSSR count). The molecule has 0 saturated heterocycles. The van der Waals surface area contributed by atoms with Gasteiger partial charge in [0.15, 0.2) is 0 Å². The Bertz CT molecular complexity index is 116. The molecule has 0 aliphatic carbocycles. The van der Waals surface area contributed by atoms with Crippen LogP contribution in [-0.2, 0) is 0 Å². The van der Waals surface area contributed by atoms with E-state index >= 15 is 0 Å². The molecular formula is C10H20O. The van der Waals surface area contributed by atoms with E-state index in [9.17, 15) is 5.11 Å². The first-order valence-corrected chi connectivity index (χ1v) is 4.54. The van der Waals surface area contributed by atoms with Gasteiger partial charge in [-0.3, -0.25) is 0 Å². The molecule has 0 radical (unpaired) electrons. The molecule has 0 aromatic rings. The summed E-state index contributed by atoms with van der Waals surface area (Å²) in [7, 11) is 0. The van der Waals surface area contributed by atoms with Crippen LogP contribution in [0.3, 0.4) is 0 Å². The van der Waals surface area contributed by atoms with Crippen LogP contribution in [0.25, 0.3) is 0 Å². The molecule has 1 nitrogen and oxygen atoms in total. The minimum Gasteiger partial charge on any atom is -0.393 e. The molecule has 0 spiro atoms. The Hall–Kier alpha value is -0.300. The first kappa shape index (κ1) is 10.7. The molecule has 0 aromatic carbocycles. The van der Waals surface area contributed by atoms with E-state index in [0.29, 0.717) is 0 Å². The van der Waals surface area contributed by atoms with E-state index in [2.05, 4.69) is 19.9 Å². The monoisotopic (exact) mass is 156 g/mol. The van der Waals surface area contributed by atoms with Gasteiger partial charge in [-0.1, -0.05) is 25.5 Å². The van der Waals surface area contributed by atoms with E-state index < -0.39 is 0 Å². The highest BCUT2D eigenvalue weighted by Gasteiger charge is 1.97. The Morgan fingerprint density at radius 2 is 2.09 bits per heavy atom. The third kappa shape index (κ3) is 6.11. The van der Waals surface area contributed by atoms with E-state index in [1.54, 1.807) is 0 Å². The van der Waals surface area contributed by atoms with Gasteiger partial charge in [-0.05, 0) is 32.6 Å². The van der Waals surface area contributed by atoms with E-state index in [-0.39, 0.29) is 6.10 Å². The Kier molecular flexibility index (Phi) is 6.24. The van der Waals surface area contributed by atoms with E-state index in [1.165, 1.54) is 5.57 Å². The summed E-state index contributed by atoms with van der Waals surface area (Å²) in [5.74, 6) is 0. The molecule has 0 bridgehead atoms. The van der Waals surface area contributed by atoms with E-state index in [4.69, 9.17) is 0 Å².